The van der Waals surface area contributed by atoms with Crippen molar-refractivity contribution < 1.29 is 9.47 Å². The molecule has 0 saturated carbocycles. The predicted octanol–water partition coefficient (Wildman–Crippen LogP) is 0.677. The first-order valence-corrected chi connectivity index (χ1v) is 6.90. The molecule has 21 heavy (non-hydrogen) atoms. The van der Waals surface area contributed by atoms with E-state index in [9.17, 15) is 0 Å². The minimum atomic E-state index is 0.375. The second-order valence-electron chi connectivity index (χ2n) is 4.84. The van der Waals surface area contributed by atoms with Crippen molar-refractivity contribution in [3.05, 3.63) is 12.3 Å². The summed E-state index contributed by atoms with van der Waals surface area (Å²) in [6.07, 6.45) is 3.97. The van der Waals surface area contributed by atoms with Gasteiger partial charge in [0, 0.05) is 0 Å². The molecular formula is C13H18N6O2. The van der Waals surface area contributed by atoms with Crippen LogP contribution in [0.2, 0.25) is 0 Å². The van der Waals surface area contributed by atoms with Crippen molar-refractivity contribution in [2.75, 3.05) is 27.3 Å². The summed E-state index contributed by atoms with van der Waals surface area (Å²) < 4.78 is 12.2. The van der Waals surface area contributed by atoms with Gasteiger partial charge in [-0.1, -0.05) is 5.21 Å². The van der Waals surface area contributed by atoms with Crippen LogP contribution in [0, 0.1) is 0 Å². The number of ether oxygens (including phenoxy) is 2. The SMILES string of the molecule is COc1cc(OC)nc(-c2cn(C3CCNCC3)nn2)n1. The molecule has 0 aromatic carbocycles. The first-order valence-electron chi connectivity index (χ1n) is 6.90. The highest BCUT2D eigenvalue weighted by Gasteiger charge is 2.18. The lowest BCUT2D eigenvalue weighted by atomic mass is 10.1. The Morgan fingerprint density at radius 2 is 1.81 bits per heavy atom. The van der Waals surface area contributed by atoms with Gasteiger partial charge in [-0.3, -0.25) is 0 Å². The minimum Gasteiger partial charge on any atom is -0.481 e. The molecule has 0 spiro atoms. The Bertz CT molecular complexity index is 586. The van der Waals surface area contributed by atoms with E-state index in [-0.39, 0.29) is 0 Å². The average molecular weight is 290 g/mol. The van der Waals surface area contributed by atoms with Gasteiger partial charge in [-0.15, -0.1) is 5.10 Å². The normalized spacial score (nSPS) is 15.9. The number of aromatic nitrogens is 5. The largest absolute Gasteiger partial charge is 0.481 e. The number of piperidine rings is 1. The van der Waals surface area contributed by atoms with Gasteiger partial charge >= 0.3 is 0 Å². The Balaban J connectivity index is 1.88. The highest BCUT2D eigenvalue weighted by molar-refractivity contribution is 5.48. The van der Waals surface area contributed by atoms with E-state index in [1.165, 1.54) is 0 Å². The number of nitrogens with one attached hydrogen (secondary N) is 1. The van der Waals surface area contributed by atoms with Crippen LogP contribution in [0.3, 0.4) is 0 Å². The lowest BCUT2D eigenvalue weighted by Crippen LogP contribution is -2.29. The predicted molar refractivity (Wildman–Crippen MR) is 75.3 cm³/mol. The summed E-state index contributed by atoms with van der Waals surface area (Å²) in [6, 6.07) is 2.00. The molecule has 0 atom stereocenters. The molecule has 1 saturated heterocycles. The summed E-state index contributed by atoms with van der Waals surface area (Å²) in [5.74, 6) is 1.33. The molecule has 2 aromatic rings. The highest BCUT2D eigenvalue weighted by atomic mass is 16.5. The smallest absolute Gasteiger partial charge is 0.220 e. The van der Waals surface area contributed by atoms with E-state index in [2.05, 4.69) is 25.6 Å². The molecule has 3 heterocycles. The molecule has 1 N–H and O–H groups in total. The molecule has 1 fully saturated rings. The Kier molecular flexibility index (Phi) is 3.96. The van der Waals surface area contributed by atoms with Gasteiger partial charge in [0.2, 0.25) is 11.8 Å². The summed E-state index contributed by atoms with van der Waals surface area (Å²) in [6.45, 7) is 2.01. The lowest BCUT2D eigenvalue weighted by Gasteiger charge is -2.22. The zero-order valence-corrected chi connectivity index (χ0v) is 12.1. The van der Waals surface area contributed by atoms with Crippen LogP contribution in [0.15, 0.2) is 12.3 Å². The fourth-order valence-electron chi connectivity index (χ4n) is 2.36. The van der Waals surface area contributed by atoms with E-state index in [4.69, 9.17) is 9.47 Å². The Morgan fingerprint density at radius 3 is 2.43 bits per heavy atom. The van der Waals surface area contributed by atoms with E-state index < -0.39 is 0 Å². The first-order chi connectivity index (χ1) is 10.3. The van der Waals surface area contributed by atoms with E-state index >= 15 is 0 Å². The van der Waals surface area contributed by atoms with Crippen molar-refractivity contribution >= 4 is 0 Å². The van der Waals surface area contributed by atoms with Crippen molar-refractivity contribution in [1.82, 2.24) is 30.3 Å². The van der Waals surface area contributed by atoms with Crippen molar-refractivity contribution in [1.29, 1.82) is 0 Å². The van der Waals surface area contributed by atoms with Gasteiger partial charge in [0.25, 0.3) is 0 Å². The van der Waals surface area contributed by atoms with Crippen LogP contribution in [-0.4, -0.2) is 52.3 Å². The zero-order chi connectivity index (χ0) is 14.7. The van der Waals surface area contributed by atoms with Crippen molar-refractivity contribution in [2.45, 2.75) is 18.9 Å². The maximum absolute atomic E-state index is 5.15. The Morgan fingerprint density at radius 1 is 1.14 bits per heavy atom. The fourth-order valence-corrected chi connectivity index (χ4v) is 2.36. The lowest BCUT2D eigenvalue weighted by molar-refractivity contribution is 0.337. The van der Waals surface area contributed by atoms with Gasteiger partial charge < -0.3 is 14.8 Å². The second kappa shape index (κ2) is 6.04. The van der Waals surface area contributed by atoms with Crippen LogP contribution in [0.1, 0.15) is 18.9 Å². The molecular weight excluding hydrogens is 272 g/mol. The maximum Gasteiger partial charge on any atom is 0.220 e. The monoisotopic (exact) mass is 290 g/mol. The van der Waals surface area contributed by atoms with E-state index in [1.54, 1.807) is 20.3 Å². The Hall–Kier alpha value is -2.22. The van der Waals surface area contributed by atoms with Crippen LogP contribution in [0.5, 0.6) is 11.8 Å². The summed E-state index contributed by atoms with van der Waals surface area (Å²) in [5, 5.41) is 11.7. The fraction of sp³-hybridized carbons (Fsp3) is 0.538. The molecule has 0 amide bonds. The highest BCUT2D eigenvalue weighted by Crippen LogP contribution is 2.23. The maximum atomic E-state index is 5.15. The van der Waals surface area contributed by atoms with Gasteiger partial charge in [0.1, 0.15) is 0 Å². The van der Waals surface area contributed by atoms with Crippen LogP contribution in [0.25, 0.3) is 11.5 Å². The molecule has 112 valence electrons. The van der Waals surface area contributed by atoms with Gasteiger partial charge in [-0.2, -0.15) is 9.97 Å². The molecule has 0 radical (unpaired) electrons. The summed E-state index contributed by atoms with van der Waals surface area (Å²) >= 11 is 0. The van der Waals surface area contributed by atoms with E-state index in [0.29, 0.717) is 29.3 Å². The summed E-state index contributed by atoms with van der Waals surface area (Å²) in [5.41, 5.74) is 0.616. The number of nitrogens with zero attached hydrogens (tertiary/aromatic N) is 5. The standard InChI is InChI=1S/C13H18N6O2/c1-20-11-7-12(21-2)16-13(15-11)10-8-19(18-17-10)9-3-5-14-6-4-9/h7-9,14H,3-6H2,1-2H3. The van der Waals surface area contributed by atoms with E-state index in [0.717, 1.165) is 25.9 Å². The molecule has 8 nitrogen and oxygen atoms in total. The van der Waals surface area contributed by atoms with Gasteiger partial charge in [-0.25, -0.2) is 4.68 Å². The number of hydrogen-bond acceptors (Lipinski definition) is 7. The zero-order valence-electron chi connectivity index (χ0n) is 12.1. The third-order valence-corrected chi connectivity index (χ3v) is 3.52. The van der Waals surface area contributed by atoms with Crippen LogP contribution >= 0.6 is 0 Å². The Labute approximate surface area is 122 Å². The summed E-state index contributed by atoms with van der Waals surface area (Å²) in [4.78, 5) is 8.57. The van der Waals surface area contributed by atoms with Crippen LogP contribution in [0.4, 0.5) is 0 Å². The van der Waals surface area contributed by atoms with Gasteiger partial charge in [0.05, 0.1) is 32.5 Å². The molecule has 1 aliphatic rings. The molecule has 0 aliphatic carbocycles. The van der Waals surface area contributed by atoms with Gasteiger partial charge in [-0.05, 0) is 25.9 Å². The number of rotatable bonds is 4. The molecule has 0 bridgehead atoms. The second-order valence-corrected chi connectivity index (χ2v) is 4.84. The topological polar surface area (TPSA) is 87.0 Å². The van der Waals surface area contributed by atoms with Crippen molar-refractivity contribution in [2.24, 2.45) is 0 Å². The molecule has 8 heteroatoms. The first kappa shape index (κ1) is 13.7. The molecule has 1 aliphatic heterocycles. The molecule has 3 rings (SSSR count). The van der Waals surface area contributed by atoms with Crippen LogP contribution < -0.4 is 14.8 Å². The van der Waals surface area contributed by atoms with Crippen molar-refractivity contribution in [3.63, 3.8) is 0 Å². The average Bonchev–Trinajstić information content (AvgIpc) is 3.05. The quantitative estimate of drug-likeness (QED) is 0.885. The number of hydrogen-bond donors (Lipinski definition) is 1. The molecule has 2 aromatic heterocycles. The van der Waals surface area contributed by atoms with Crippen LogP contribution in [-0.2, 0) is 0 Å². The number of methoxy groups -OCH3 is 2. The third kappa shape index (κ3) is 2.94. The third-order valence-electron chi connectivity index (χ3n) is 3.52. The summed E-state index contributed by atoms with van der Waals surface area (Å²) in [7, 11) is 3.11. The van der Waals surface area contributed by atoms with Crippen molar-refractivity contribution in [3.8, 4) is 23.3 Å². The van der Waals surface area contributed by atoms with E-state index in [1.807, 2.05) is 10.9 Å². The molecule has 0 unspecified atom stereocenters. The minimum absolute atomic E-state index is 0.375. The van der Waals surface area contributed by atoms with Gasteiger partial charge in [0.15, 0.2) is 11.5 Å².